The minimum atomic E-state index is -0.601. The number of Topliss-reactive ketones (excluding diaryl/α,β-unsaturated/α-hetero) is 1. The molecule has 1 fully saturated rings. The lowest BCUT2D eigenvalue weighted by Crippen LogP contribution is -2.28. The second-order valence-corrected chi connectivity index (χ2v) is 7.27. The van der Waals surface area contributed by atoms with Crippen molar-refractivity contribution in [3.63, 3.8) is 0 Å². The third kappa shape index (κ3) is 5.17. The Morgan fingerprint density at radius 1 is 1.32 bits per heavy atom. The van der Waals surface area contributed by atoms with Gasteiger partial charge in [-0.3, -0.25) is 14.4 Å². The van der Waals surface area contributed by atoms with Gasteiger partial charge in [-0.15, -0.1) is 5.10 Å². The number of carbonyl (C=O) groups is 3. The summed E-state index contributed by atoms with van der Waals surface area (Å²) in [4.78, 5) is 35.7. The molecule has 0 aliphatic carbocycles. The number of hydrogen-bond acceptors (Lipinski definition) is 7. The molecule has 144 valence electrons. The van der Waals surface area contributed by atoms with Crippen LogP contribution in [0, 0.1) is 6.92 Å². The average Bonchev–Trinajstić information content (AvgIpc) is 3.20. The highest BCUT2D eigenvalue weighted by Gasteiger charge is 2.32. The van der Waals surface area contributed by atoms with Gasteiger partial charge in [-0.2, -0.15) is 5.10 Å². The van der Waals surface area contributed by atoms with Crippen LogP contribution in [0.5, 0.6) is 0 Å². The van der Waals surface area contributed by atoms with Gasteiger partial charge >= 0.3 is 0 Å². The van der Waals surface area contributed by atoms with Crippen LogP contribution in [0.4, 0.5) is 5.69 Å². The van der Waals surface area contributed by atoms with Crippen LogP contribution in [0.1, 0.15) is 35.2 Å². The molecule has 28 heavy (non-hydrogen) atoms. The first kappa shape index (κ1) is 19.6. The molecule has 1 aliphatic rings. The first-order valence-corrected chi connectivity index (χ1v) is 9.34. The highest BCUT2D eigenvalue weighted by molar-refractivity contribution is 8.15. The Kier molecular flexibility index (Phi) is 6.05. The van der Waals surface area contributed by atoms with E-state index in [9.17, 15) is 14.4 Å². The highest BCUT2D eigenvalue weighted by atomic mass is 32.2. The van der Waals surface area contributed by atoms with E-state index in [1.165, 1.54) is 13.1 Å². The Bertz CT molecular complexity index is 980. The number of anilines is 1. The Morgan fingerprint density at radius 3 is 2.86 bits per heavy atom. The second-order valence-electron chi connectivity index (χ2n) is 6.08. The molecule has 2 N–H and O–H groups in total. The number of hydrogen-bond donors (Lipinski definition) is 2. The highest BCUT2D eigenvalue weighted by Crippen LogP contribution is 2.23. The van der Waals surface area contributed by atoms with E-state index in [0.29, 0.717) is 22.2 Å². The zero-order valence-electron chi connectivity index (χ0n) is 15.3. The van der Waals surface area contributed by atoms with E-state index in [2.05, 4.69) is 20.8 Å². The number of nitrogens with zero attached hydrogens (tertiary/aromatic N) is 2. The van der Waals surface area contributed by atoms with E-state index < -0.39 is 5.25 Å². The largest absolute Gasteiger partial charge is 0.460 e. The predicted octanol–water partition coefficient (Wildman–Crippen LogP) is 2.74. The van der Waals surface area contributed by atoms with Gasteiger partial charge in [0.15, 0.2) is 11.0 Å². The molecule has 2 aromatic rings. The molecule has 1 saturated heterocycles. The maximum Gasteiger partial charge on any atom is 0.240 e. The van der Waals surface area contributed by atoms with E-state index in [1.54, 1.807) is 36.4 Å². The van der Waals surface area contributed by atoms with Crippen molar-refractivity contribution >= 4 is 46.4 Å². The number of thioether (sulfide) groups is 1. The van der Waals surface area contributed by atoms with Crippen molar-refractivity contribution in [2.45, 2.75) is 25.5 Å². The Balaban J connectivity index is 1.56. The molecule has 2 heterocycles. The van der Waals surface area contributed by atoms with E-state index in [0.717, 1.165) is 17.5 Å². The van der Waals surface area contributed by atoms with Gasteiger partial charge in [0.05, 0.1) is 6.21 Å². The first-order valence-electron chi connectivity index (χ1n) is 8.46. The summed E-state index contributed by atoms with van der Waals surface area (Å²) in [7, 11) is 0. The summed E-state index contributed by atoms with van der Waals surface area (Å²) in [5.74, 6) is 0.593. The van der Waals surface area contributed by atoms with Gasteiger partial charge in [0.1, 0.15) is 16.8 Å². The van der Waals surface area contributed by atoms with Gasteiger partial charge in [0.25, 0.3) is 0 Å². The first-order chi connectivity index (χ1) is 13.4. The molecule has 0 saturated carbocycles. The van der Waals surface area contributed by atoms with Crippen LogP contribution in [0.3, 0.4) is 0 Å². The van der Waals surface area contributed by atoms with Gasteiger partial charge < -0.3 is 15.1 Å². The topological polar surface area (TPSA) is 113 Å². The molecular weight excluding hydrogens is 380 g/mol. The number of ketones is 1. The summed E-state index contributed by atoms with van der Waals surface area (Å²) in [6.45, 7) is 3.28. The number of amides is 2. The van der Waals surface area contributed by atoms with Crippen molar-refractivity contribution in [3.05, 3.63) is 53.5 Å². The molecule has 0 bridgehead atoms. The van der Waals surface area contributed by atoms with Gasteiger partial charge in [-0.1, -0.05) is 23.9 Å². The lowest BCUT2D eigenvalue weighted by molar-refractivity contribution is -0.122. The van der Waals surface area contributed by atoms with Gasteiger partial charge in [0.2, 0.25) is 11.8 Å². The fourth-order valence-electron chi connectivity index (χ4n) is 2.44. The summed E-state index contributed by atoms with van der Waals surface area (Å²) >= 11 is 1.14. The fourth-order valence-corrected chi connectivity index (χ4v) is 3.37. The SMILES string of the molecule is CC(=O)c1cccc(NC(=O)CC2S/C(=N/N=C\c3ccc(C)o3)NC2=O)c1. The lowest BCUT2D eigenvalue weighted by atomic mass is 10.1. The van der Waals surface area contributed by atoms with Crippen LogP contribution in [0.25, 0.3) is 0 Å². The number of benzene rings is 1. The predicted molar refractivity (Wildman–Crippen MR) is 108 cm³/mol. The minimum Gasteiger partial charge on any atom is -0.460 e. The van der Waals surface area contributed by atoms with Crippen LogP contribution in [0.2, 0.25) is 0 Å². The summed E-state index contributed by atoms with van der Waals surface area (Å²) in [5, 5.41) is 12.8. The molecule has 1 aromatic carbocycles. The van der Waals surface area contributed by atoms with Crippen molar-refractivity contribution in [2.24, 2.45) is 10.2 Å². The molecule has 2 amide bonds. The maximum absolute atomic E-state index is 12.2. The van der Waals surface area contributed by atoms with E-state index >= 15 is 0 Å². The van der Waals surface area contributed by atoms with Crippen molar-refractivity contribution in [3.8, 4) is 0 Å². The number of aryl methyl sites for hydroxylation is 1. The summed E-state index contributed by atoms with van der Waals surface area (Å²) < 4.78 is 5.34. The minimum absolute atomic E-state index is 0.0269. The molecule has 3 rings (SSSR count). The van der Waals surface area contributed by atoms with Crippen molar-refractivity contribution < 1.29 is 18.8 Å². The summed E-state index contributed by atoms with van der Waals surface area (Å²) in [5.41, 5.74) is 1.01. The zero-order chi connectivity index (χ0) is 20.1. The number of amidine groups is 1. The molecule has 1 aliphatic heterocycles. The number of furan rings is 1. The fraction of sp³-hybridized carbons (Fsp3) is 0.211. The quantitative estimate of drug-likeness (QED) is 0.441. The molecule has 1 atom stereocenters. The zero-order valence-corrected chi connectivity index (χ0v) is 16.1. The Hall–Kier alpha value is -3.20. The van der Waals surface area contributed by atoms with Crippen LogP contribution in [-0.4, -0.2) is 34.2 Å². The van der Waals surface area contributed by atoms with Crippen LogP contribution >= 0.6 is 11.8 Å². The lowest BCUT2D eigenvalue weighted by Gasteiger charge is -2.08. The Labute approximate surface area is 165 Å². The molecule has 1 unspecified atom stereocenters. The van der Waals surface area contributed by atoms with Crippen molar-refractivity contribution in [1.82, 2.24) is 5.32 Å². The van der Waals surface area contributed by atoms with Gasteiger partial charge in [-0.25, -0.2) is 0 Å². The van der Waals surface area contributed by atoms with Gasteiger partial charge in [-0.05, 0) is 38.1 Å². The molecule has 0 spiro atoms. The number of rotatable bonds is 6. The maximum atomic E-state index is 12.2. The summed E-state index contributed by atoms with van der Waals surface area (Å²) in [6, 6.07) is 10.2. The molecule has 8 nitrogen and oxygen atoms in total. The standard InChI is InChI=1S/C19H18N4O4S/c1-11-6-7-15(27-11)10-20-23-19-22-18(26)16(28-19)9-17(25)21-14-5-3-4-13(8-14)12(2)24/h3-8,10,16H,9H2,1-2H3,(H,21,25)(H,22,23,26)/b20-10-. The van der Waals surface area contributed by atoms with E-state index in [-0.39, 0.29) is 24.0 Å². The number of carbonyl (C=O) groups excluding carboxylic acids is 3. The van der Waals surface area contributed by atoms with Crippen LogP contribution in [0.15, 0.2) is 51.0 Å². The van der Waals surface area contributed by atoms with Crippen molar-refractivity contribution in [2.75, 3.05) is 5.32 Å². The smallest absolute Gasteiger partial charge is 0.240 e. The van der Waals surface area contributed by atoms with E-state index in [1.807, 2.05) is 6.92 Å². The van der Waals surface area contributed by atoms with Crippen LogP contribution < -0.4 is 10.6 Å². The van der Waals surface area contributed by atoms with Crippen molar-refractivity contribution in [1.29, 1.82) is 0 Å². The molecule has 9 heteroatoms. The molecule has 1 aromatic heterocycles. The normalized spacial score (nSPS) is 17.9. The molecule has 0 radical (unpaired) electrons. The molecular formula is C19H18N4O4S. The number of nitrogens with one attached hydrogen (secondary N) is 2. The summed E-state index contributed by atoms with van der Waals surface area (Å²) in [6.07, 6.45) is 1.41. The third-order valence-corrected chi connectivity index (χ3v) is 4.87. The van der Waals surface area contributed by atoms with E-state index in [4.69, 9.17) is 4.42 Å². The van der Waals surface area contributed by atoms with Gasteiger partial charge in [0, 0.05) is 17.7 Å². The average molecular weight is 398 g/mol. The Morgan fingerprint density at radius 2 is 2.14 bits per heavy atom. The second kappa shape index (κ2) is 8.66. The monoisotopic (exact) mass is 398 g/mol. The third-order valence-electron chi connectivity index (χ3n) is 3.79. The van der Waals surface area contributed by atoms with Crippen LogP contribution in [-0.2, 0) is 9.59 Å².